The van der Waals surface area contributed by atoms with Crippen LogP contribution in [0.2, 0.25) is 0 Å². The Labute approximate surface area is 98.6 Å². The number of nitrogens with zero attached hydrogens (tertiary/aromatic N) is 2. The molecule has 0 amide bonds. The summed E-state index contributed by atoms with van der Waals surface area (Å²) in [6, 6.07) is 5.96. The second kappa shape index (κ2) is 4.63. The number of hydrogen-bond donors (Lipinski definition) is 1. The van der Waals surface area contributed by atoms with Crippen molar-refractivity contribution < 1.29 is 8.91 Å². The van der Waals surface area contributed by atoms with Crippen LogP contribution in [0.4, 0.5) is 4.39 Å². The van der Waals surface area contributed by atoms with E-state index in [1.165, 1.54) is 6.07 Å². The van der Waals surface area contributed by atoms with Gasteiger partial charge in [0.2, 0.25) is 11.7 Å². The van der Waals surface area contributed by atoms with Crippen molar-refractivity contribution in [1.82, 2.24) is 10.1 Å². The summed E-state index contributed by atoms with van der Waals surface area (Å²) >= 11 is 0. The fraction of sp³-hybridized carbons (Fsp3) is 0.333. The van der Waals surface area contributed by atoms with E-state index in [4.69, 9.17) is 10.3 Å². The smallest absolute Gasteiger partial charge is 0.244 e. The van der Waals surface area contributed by atoms with Crippen LogP contribution in [0, 0.1) is 11.7 Å². The number of halogens is 1. The van der Waals surface area contributed by atoms with Gasteiger partial charge in [0.1, 0.15) is 5.82 Å². The molecule has 90 valence electrons. The molecular weight excluding hydrogens is 221 g/mol. The molecule has 0 radical (unpaired) electrons. The van der Waals surface area contributed by atoms with Gasteiger partial charge in [-0.2, -0.15) is 4.98 Å². The first-order valence-electron chi connectivity index (χ1n) is 5.43. The minimum Gasteiger partial charge on any atom is -0.337 e. The summed E-state index contributed by atoms with van der Waals surface area (Å²) in [6.45, 7) is 3.91. The van der Waals surface area contributed by atoms with E-state index < -0.39 is 0 Å². The quantitative estimate of drug-likeness (QED) is 0.887. The molecule has 0 spiro atoms. The number of rotatable bonds is 3. The Hall–Kier alpha value is -1.75. The maximum atomic E-state index is 13.5. The van der Waals surface area contributed by atoms with E-state index >= 15 is 0 Å². The van der Waals surface area contributed by atoms with Gasteiger partial charge in [0.05, 0.1) is 11.6 Å². The molecule has 1 heterocycles. The van der Waals surface area contributed by atoms with Gasteiger partial charge in [0.25, 0.3) is 0 Å². The Morgan fingerprint density at radius 2 is 2.00 bits per heavy atom. The zero-order chi connectivity index (χ0) is 12.4. The molecule has 1 atom stereocenters. The number of nitrogens with two attached hydrogens (primary N) is 1. The number of aromatic nitrogens is 2. The molecule has 0 fully saturated rings. The topological polar surface area (TPSA) is 64.9 Å². The van der Waals surface area contributed by atoms with Crippen LogP contribution in [0.25, 0.3) is 11.4 Å². The molecule has 1 aromatic heterocycles. The largest absolute Gasteiger partial charge is 0.337 e. The van der Waals surface area contributed by atoms with Crippen LogP contribution in [-0.4, -0.2) is 10.1 Å². The highest BCUT2D eigenvalue weighted by molar-refractivity contribution is 5.54. The summed E-state index contributed by atoms with van der Waals surface area (Å²) < 4.78 is 18.5. The monoisotopic (exact) mass is 235 g/mol. The molecular formula is C12H14FN3O. The molecule has 4 nitrogen and oxygen atoms in total. The third-order valence-electron chi connectivity index (χ3n) is 2.56. The van der Waals surface area contributed by atoms with Crippen molar-refractivity contribution in [2.24, 2.45) is 11.7 Å². The average molecular weight is 235 g/mol. The van der Waals surface area contributed by atoms with Gasteiger partial charge >= 0.3 is 0 Å². The molecule has 0 aliphatic rings. The fourth-order valence-corrected chi connectivity index (χ4v) is 1.41. The Morgan fingerprint density at radius 3 is 2.65 bits per heavy atom. The molecule has 0 bridgehead atoms. The Balaban J connectivity index is 2.34. The van der Waals surface area contributed by atoms with Crippen molar-refractivity contribution in [2.75, 3.05) is 0 Å². The maximum absolute atomic E-state index is 13.5. The van der Waals surface area contributed by atoms with Crippen molar-refractivity contribution in [2.45, 2.75) is 19.9 Å². The van der Waals surface area contributed by atoms with Gasteiger partial charge in [0.15, 0.2) is 0 Å². The number of benzene rings is 1. The standard InChI is InChI=1S/C12H14FN3O/c1-7(2)10(14)12-15-11(16-17-12)8-5-3-4-6-9(8)13/h3-7,10H,14H2,1-2H3/t10-/m1/s1. The van der Waals surface area contributed by atoms with Crippen LogP contribution < -0.4 is 5.73 Å². The summed E-state index contributed by atoms with van der Waals surface area (Å²) in [6.07, 6.45) is 0. The second-order valence-corrected chi connectivity index (χ2v) is 4.21. The molecule has 0 saturated carbocycles. The highest BCUT2D eigenvalue weighted by Crippen LogP contribution is 2.23. The lowest BCUT2D eigenvalue weighted by Crippen LogP contribution is -2.16. The first-order chi connectivity index (χ1) is 8.09. The highest BCUT2D eigenvalue weighted by Gasteiger charge is 2.19. The highest BCUT2D eigenvalue weighted by atomic mass is 19.1. The third kappa shape index (κ3) is 2.34. The molecule has 0 aliphatic carbocycles. The lowest BCUT2D eigenvalue weighted by Gasteiger charge is -2.09. The van der Waals surface area contributed by atoms with Crippen molar-refractivity contribution in [3.8, 4) is 11.4 Å². The zero-order valence-electron chi connectivity index (χ0n) is 9.72. The summed E-state index contributed by atoms with van der Waals surface area (Å²) in [5.41, 5.74) is 6.20. The van der Waals surface area contributed by atoms with Gasteiger partial charge in [0, 0.05) is 0 Å². The first kappa shape index (κ1) is 11.7. The van der Waals surface area contributed by atoms with Crippen molar-refractivity contribution in [1.29, 1.82) is 0 Å². The van der Waals surface area contributed by atoms with Gasteiger partial charge < -0.3 is 10.3 Å². The zero-order valence-corrected chi connectivity index (χ0v) is 9.72. The summed E-state index contributed by atoms with van der Waals surface area (Å²) in [5, 5.41) is 3.74. The Morgan fingerprint density at radius 1 is 1.29 bits per heavy atom. The van der Waals surface area contributed by atoms with Gasteiger partial charge in [-0.15, -0.1) is 0 Å². The van der Waals surface area contributed by atoms with Gasteiger partial charge in [-0.3, -0.25) is 0 Å². The molecule has 2 N–H and O–H groups in total. The molecule has 5 heteroatoms. The van der Waals surface area contributed by atoms with E-state index in [1.54, 1.807) is 18.2 Å². The van der Waals surface area contributed by atoms with Crippen LogP contribution in [0.3, 0.4) is 0 Å². The van der Waals surface area contributed by atoms with E-state index in [0.29, 0.717) is 11.5 Å². The van der Waals surface area contributed by atoms with Crippen molar-refractivity contribution in [3.05, 3.63) is 36.0 Å². The summed E-state index contributed by atoms with van der Waals surface area (Å²) in [7, 11) is 0. The molecule has 17 heavy (non-hydrogen) atoms. The average Bonchev–Trinajstić information content (AvgIpc) is 2.77. The van der Waals surface area contributed by atoms with Crippen LogP contribution in [0.5, 0.6) is 0 Å². The maximum Gasteiger partial charge on any atom is 0.244 e. The normalized spacial score (nSPS) is 13.0. The van der Waals surface area contributed by atoms with Crippen LogP contribution in [-0.2, 0) is 0 Å². The van der Waals surface area contributed by atoms with E-state index in [2.05, 4.69) is 10.1 Å². The predicted molar refractivity (Wildman–Crippen MR) is 61.5 cm³/mol. The van der Waals surface area contributed by atoms with E-state index in [0.717, 1.165) is 0 Å². The van der Waals surface area contributed by atoms with E-state index in [9.17, 15) is 4.39 Å². The van der Waals surface area contributed by atoms with Crippen molar-refractivity contribution in [3.63, 3.8) is 0 Å². The van der Waals surface area contributed by atoms with Gasteiger partial charge in [-0.05, 0) is 18.1 Å². The molecule has 0 saturated heterocycles. The van der Waals surface area contributed by atoms with E-state index in [1.807, 2.05) is 13.8 Å². The third-order valence-corrected chi connectivity index (χ3v) is 2.56. The minimum atomic E-state index is -0.377. The van der Waals surface area contributed by atoms with Crippen LogP contribution in [0.15, 0.2) is 28.8 Å². The molecule has 2 rings (SSSR count). The Kier molecular flexibility index (Phi) is 3.19. The van der Waals surface area contributed by atoms with Gasteiger partial charge in [-0.1, -0.05) is 31.1 Å². The molecule has 0 unspecified atom stereocenters. The molecule has 1 aromatic carbocycles. The summed E-state index contributed by atoms with van der Waals surface area (Å²) in [5.74, 6) is 0.370. The minimum absolute atomic E-state index is 0.184. The SMILES string of the molecule is CC(C)[C@@H](N)c1nc(-c2ccccc2F)no1. The molecule has 0 aliphatic heterocycles. The number of hydrogen-bond acceptors (Lipinski definition) is 4. The second-order valence-electron chi connectivity index (χ2n) is 4.21. The van der Waals surface area contributed by atoms with Crippen molar-refractivity contribution >= 4 is 0 Å². The lowest BCUT2D eigenvalue weighted by molar-refractivity contribution is 0.325. The first-order valence-corrected chi connectivity index (χ1v) is 5.43. The predicted octanol–water partition coefficient (Wildman–Crippen LogP) is 2.53. The fourth-order valence-electron chi connectivity index (χ4n) is 1.41. The van der Waals surface area contributed by atoms with E-state index in [-0.39, 0.29) is 23.6 Å². The van der Waals surface area contributed by atoms with Crippen LogP contribution >= 0.6 is 0 Å². The summed E-state index contributed by atoms with van der Waals surface area (Å²) in [4.78, 5) is 4.12. The van der Waals surface area contributed by atoms with Gasteiger partial charge in [-0.25, -0.2) is 4.39 Å². The van der Waals surface area contributed by atoms with Crippen LogP contribution in [0.1, 0.15) is 25.8 Å². The Bertz CT molecular complexity index is 510. The molecule has 2 aromatic rings. The lowest BCUT2D eigenvalue weighted by atomic mass is 10.1.